The van der Waals surface area contributed by atoms with E-state index in [4.69, 9.17) is 9.47 Å². The molecule has 40 heavy (non-hydrogen) atoms. The maximum absolute atomic E-state index is 13.0. The molecule has 0 N–H and O–H groups in total. The normalized spacial score (nSPS) is 11.6. The van der Waals surface area contributed by atoms with Crippen molar-refractivity contribution in [3.05, 3.63) is 105 Å². The largest absolute Gasteiger partial charge is 0.491 e. The molecule has 202 valence electrons. The number of rotatable bonds is 9. The number of benzene rings is 4. The summed E-state index contributed by atoms with van der Waals surface area (Å²) >= 11 is 0. The molecule has 0 bridgehead atoms. The summed E-state index contributed by atoms with van der Waals surface area (Å²) in [6, 6.07) is 26.7. The van der Waals surface area contributed by atoms with Crippen molar-refractivity contribution >= 4 is 43.6 Å². The van der Waals surface area contributed by atoms with Crippen LogP contribution in [0.3, 0.4) is 0 Å². The molecule has 2 heterocycles. The molecule has 6 rings (SSSR count). The van der Waals surface area contributed by atoms with Crippen LogP contribution < -0.4 is 20.3 Å². The number of unbranched alkanes of at least 4 members (excludes halogenated alkanes) is 3. The van der Waals surface area contributed by atoms with Crippen LogP contribution in [0.2, 0.25) is 0 Å². The zero-order valence-corrected chi connectivity index (χ0v) is 22.9. The van der Waals surface area contributed by atoms with E-state index in [1.54, 1.807) is 0 Å². The first-order valence-electron chi connectivity index (χ1n) is 13.8. The summed E-state index contributed by atoms with van der Waals surface area (Å²) in [6.07, 6.45) is 3.84. The van der Waals surface area contributed by atoms with Gasteiger partial charge in [0.15, 0.2) is 10.9 Å². The third kappa shape index (κ3) is 4.49. The summed E-state index contributed by atoms with van der Waals surface area (Å²) < 4.78 is 16.4. The fraction of sp³-hybridized carbons (Fsp3) is 0.235. The Balaban J connectivity index is 1.06. The smallest absolute Gasteiger partial charge is 0.197 e. The molecular weight excluding hydrogens is 500 g/mol. The highest BCUT2D eigenvalue weighted by Crippen LogP contribution is 2.28. The quantitative estimate of drug-likeness (QED) is 0.153. The van der Waals surface area contributed by atoms with Gasteiger partial charge in [-0.2, -0.15) is 0 Å². The molecule has 4 aromatic carbocycles. The standard InChI is InChI=1S/C34H32N2O4/c1-35-27-17-7-5-13-23(27)33(37)25-15-11-19-29(31(25)35)39-21-9-3-4-10-22-40-30-20-12-16-26-32(30)36(2)28-18-8-6-14-24(28)34(26)38/h5-8,11-20H,3-4,9-10,21-22H2,1-2H3. The lowest BCUT2D eigenvalue weighted by Gasteiger charge is -2.15. The van der Waals surface area contributed by atoms with E-state index in [0.717, 1.165) is 70.0 Å². The van der Waals surface area contributed by atoms with Crippen LogP contribution in [0.25, 0.3) is 43.6 Å². The molecule has 2 aromatic heterocycles. The lowest BCUT2D eigenvalue weighted by molar-refractivity contribution is 0.290. The van der Waals surface area contributed by atoms with Crippen LogP contribution in [-0.4, -0.2) is 22.3 Å². The van der Waals surface area contributed by atoms with Crippen LogP contribution in [0.15, 0.2) is 94.5 Å². The number of hydrogen-bond donors (Lipinski definition) is 0. The Morgan fingerprint density at radius 1 is 0.500 bits per heavy atom. The maximum atomic E-state index is 13.0. The van der Waals surface area contributed by atoms with Gasteiger partial charge in [0.1, 0.15) is 11.5 Å². The number of aromatic nitrogens is 2. The first kappa shape index (κ1) is 25.7. The minimum absolute atomic E-state index is 0.0357. The van der Waals surface area contributed by atoms with E-state index < -0.39 is 0 Å². The van der Waals surface area contributed by atoms with Gasteiger partial charge in [0, 0.05) is 24.9 Å². The Labute approximate surface area is 232 Å². The Kier molecular flexibility index (Phi) is 6.99. The van der Waals surface area contributed by atoms with Crippen molar-refractivity contribution in [2.45, 2.75) is 25.7 Å². The van der Waals surface area contributed by atoms with Crippen molar-refractivity contribution in [1.82, 2.24) is 9.13 Å². The zero-order chi connectivity index (χ0) is 27.6. The second-order valence-corrected chi connectivity index (χ2v) is 10.2. The van der Waals surface area contributed by atoms with E-state index in [1.807, 2.05) is 108 Å². The first-order chi connectivity index (χ1) is 19.6. The lowest BCUT2D eigenvalue weighted by Crippen LogP contribution is -2.11. The lowest BCUT2D eigenvalue weighted by atomic mass is 10.1. The number of nitrogens with zero attached hydrogens (tertiary/aromatic N) is 2. The van der Waals surface area contributed by atoms with Gasteiger partial charge in [-0.05, 0) is 74.2 Å². The molecule has 0 spiro atoms. The predicted octanol–water partition coefficient (Wildman–Crippen LogP) is 6.72. The third-order valence-corrected chi connectivity index (χ3v) is 7.73. The van der Waals surface area contributed by atoms with Gasteiger partial charge in [0.25, 0.3) is 0 Å². The molecule has 6 aromatic rings. The van der Waals surface area contributed by atoms with Crippen molar-refractivity contribution in [1.29, 1.82) is 0 Å². The number of ether oxygens (including phenoxy) is 2. The molecule has 0 saturated heterocycles. The highest BCUT2D eigenvalue weighted by Gasteiger charge is 2.14. The van der Waals surface area contributed by atoms with E-state index in [1.165, 1.54) is 0 Å². The Bertz CT molecular complexity index is 1840. The van der Waals surface area contributed by atoms with Crippen LogP contribution in [0, 0.1) is 0 Å². The highest BCUT2D eigenvalue weighted by atomic mass is 16.5. The fourth-order valence-corrected chi connectivity index (χ4v) is 5.71. The molecule has 0 aliphatic heterocycles. The Hall–Kier alpha value is -4.58. The summed E-state index contributed by atoms with van der Waals surface area (Å²) in [5, 5.41) is 2.79. The molecular formula is C34H32N2O4. The van der Waals surface area contributed by atoms with Crippen molar-refractivity contribution in [3.63, 3.8) is 0 Å². The first-order valence-corrected chi connectivity index (χ1v) is 13.8. The van der Waals surface area contributed by atoms with Crippen LogP contribution >= 0.6 is 0 Å². The van der Waals surface area contributed by atoms with E-state index in [-0.39, 0.29) is 10.9 Å². The van der Waals surface area contributed by atoms with Crippen molar-refractivity contribution in [2.24, 2.45) is 14.1 Å². The molecule has 0 atom stereocenters. The van der Waals surface area contributed by atoms with Gasteiger partial charge in [-0.1, -0.05) is 36.4 Å². The fourth-order valence-electron chi connectivity index (χ4n) is 5.71. The average molecular weight is 533 g/mol. The van der Waals surface area contributed by atoms with Gasteiger partial charge < -0.3 is 18.6 Å². The summed E-state index contributed by atoms with van der Waals surface area (Å²) in [5.74, 6) is 1.47. The molecule has 0 saturated carbocycles. The minimum atomic E-state index is 0.0357. The summed E-state index contributed by atoms with van der Waals surface area (Å²) in [7, 11) is 3.96. The summed E-state index contributed by atoms with van der Waals surface area (Å²) in [6.45, 7) is 1.17. The van der Waals surface area contributed by atoms with Crippen LogP contribution in [0.1, 0.15) is 25.7 Å². The predicted molar refractivity (Wildman–Crippen MR) is 163 cm³/mol. The molecule has 0 aliphatic rings. The maximum Gasteiger partial charge on any atom is 0.197 e. The second kappa shape index (κ2) is 10.9. The molecule has 0 aliphatic carbocycles. The number of fused-ring (bicyclic) bond motifs is 4. The highest BCUT2D eigenvalue weighted by molar-refractivity contribution is 5.97. The molecule has 0 amide bonds. The SMILES string of the molecule is Cn1c2ccccc2c(=O)c2cccc(OCCCCCCOc3cccc4c(=O)c5ccccc5n(C)c34)c21. The van der Waals surface area contributed by atoms with Crippen LogP contribution in [-0.2, 0) is 14.1 Å². The van der Waals surface area contributed by atoms with E-state index >= 15 is 0 Å². The number of para-hydroxylation sites is 4. The molecule has 0 fully saturated rings. The number of hydrogen-bond acceptors (Lipinski definition) is 4. The van der Waals surface area contributed by atoms with Crippen molar-refractivity contribution in [2.75, 3.05) is 13.2 Å². The summed E-state index contributed by atoms with van der Waals surface area (Å²) in [5.41, 5.74) is 3.53. The van der Waals surface area contributed by atoms with E-state index in [0.29, 0.717) is 24.0 Å². The van der Waals surface area contributed by atoms with Crippen LogP contribution in [0.5, 0.6) is 11.5 Å². The zero-order valence-electron chi connectivity index (χ0n) is 22.9. The van der Waals surface area contributed by atoms with Gasteiger partial charge in [-0.25, -0.2) is 0 Å². The number of aryl methyl sites for hydroxylation is 2. The third-order valence-electron chi connectivity index (χ3n) is 7.73. The molecule has 6 nitrogen and oxygen atoms in total. The molecule has 6 heteroatoms. The van der Waals surface area contributed by atoms with Crippen molar-refractivity contribution in [3.8, 4) is 11.5 Å². The van der Waals surface area contributed by atoms with Gasteiger partial charge in [0.05, 0.1) is 46.1 Å². The second-order valence-electron chi connectivity index (χ2n) is 10.2. The van der Waals surface area contributed by atoms with Gasteiger partial charge >= 0.3 is 0 Å². The van der Waals surface area contributed by atoms with Crippen LogP contribution in [0.4, 0.5) is 0 Å². The van der Waals surface area contributed by atoms with Crippen molar-refractivity contribution < 1.29 is 9.47 Å². The minimum Gasteiger partial charge on any atom is -0.491 e. The Morgan fingerprint density at radius 2 is 0.900 bits per heavy atom. The average Bonchev–Trinajstić information content (AvgIpc) is 2.99. The Morgan fingerprint density at radius 3 is 1.35 bits per heavy atom. The number of pyridine rings is 2. The summed E-state index contributed by atoms with van der Waals surface area (Å²) in [4.78, 5) is 26.1. The van der Waals surface area contributed by atoms with Gasteiger partial charge in [-0.15, -0.1) is 0 Å². The van der Waals surface area contributed by atoms with Gasteiger partial charge in [0.2, 0.25) is 0 Å². The van der Waals surface area contributed by atoms with E-state index in [9.17, 15) is 9.59 Å². The van der Waals surface area contributed by atoms with E-state index in [2.05, 4.69) is 0 Å². The monoisotopic (exact) mass is 532 g/mol. The molecule has 0 radical (unpaired) electrons. The topological polar surface area (TPSA) is 62.5 Å². The van der Waals surface area contributed by atoms with Gasteiger partial charge in [-0.3, -0.25) is 9.59 Å². The molecule has 0 unspecified atom stereocenters.